The first-order valence-electron chi connectivity index (χ1n) is 6.70. The van der Waals surface area contributed by atoms with Crippen LogP contribution in [0.2, 0.25) is 0 Å². The lowest BCUT2D eigenvalue weighted by Crippen LogP contribution is -2.05. The van der Waals surface area contributed by atoms with Gasteiger partial charge in [-0.15, -0.1) is 10.2 Å². The minimum atomic E-state index is -0.762. The average Bonchev–Trinajstić information content (AvgIpc) is 3.02. The van der Waals surface area contributed by atoms with E-state index >= 15 is 0 Å². The second kappa shape index (κ2) is 6.18. The summed E-state index contributed by atoms with van der Waals surface area (Å²) in [6, 6.07) is 12.8. The molecular formula is C16H12N2O5. The van der Waals surface area contributed by atoms with Crippen LogP contribution in [0.4, 0.5) is 0 Å². The van der Waals surface area contributed by atoms with Crippen LogP contribution in [-0.2, 0) is 11.3 Å². The van der Waals surface area contributed by atoms with Crippen molar-refractivity contribution in [3.63, 3.8) is 0 Å². The highest BCUT2D eigenvalue weighted by atomic mass is 16.5. The molecule has 0 aliphatic carbocycles. The van der Waals surface area contributed by atoms with E-state index in [9.17, 15) is 15.0 Å². The first-order chi connectivity index (χ1) is 11.1. The van der Waals surface area contributed by atoms with Gasteiger partial charge in [-0.1, -0.05) is 18.2 Å². The van der Waals surface area contributed by atoms with Gasteiger partial charge in [0.1, 0.15) is 17.1 Å². The van der Waals surface area contributed by atoms with E-state index < -0.39 is 5.97 Å². The van der Waals surface area contributed by atoms with Gasteiger partial charge in [0, 0.05) is 11.6 Å². The third kappa shape index (κ3) is 3.29. The Morgan fingerprint density at radius 3 is 2.61 bits per heavy atom. The summed E-state index contributed by atoms with van der Waals surface area (Å²) in [7, 11) is 0. The highest BCUT2D eigenvalue weighted by Crippen LogP contribution is 2.23. The summed E-state index contributed by atoms with van der Waals surface area (Å²) >= 11 is 0. The van der Waals surface area contributed by atoms with Gasteiger partial charge in [0.25, 0.3) is 5.89 Å². The van der Waals surface area contributed by atoms with Crippen LogP contribution in [0.5, 0.6) is 11.5 Å². The van der Waals surface area contributed by atoms with Crippen LogP contribution < -0.4 is 0 Å². The summed E-state index contributed by atoms with van der Waals surface area (Å²) in [5.74, 6) is -0.824. The second-order valence-corrected chi connectivity index (χ2v) is 4.64. The number of aromatic hydroxyl groups is 2. The van der Waals surface area contributed by atoms with Crippen LogP contribution in [0.3, 0.4) is 0 Å². The van der Waals surface area contributed by atoms with E-state index in [2.05, 4.69) is 10.2 Å². The van der Waals surface area contributed by atoms with Gasteiger partial charge >= 0.3 is 5.97 Å². The number of carbonyl (C=O) groups is 1. The summed E-state index contributed by atoms with van der Waals surface area (Å²) in [4.78, 5) is 11.9. The van der Waals surface area contributed by atoms with Crippen molar-refractivity contribution >= 4 is 5.97 Å². The predicted octanol–water partition coefficient (Wildman–Crippen LogP) is 2.50. The SMILES string of the molecule is O=C(OCc1nnc(-c2ccccc2)o1)c1ccc(O)cc1O. The smallest absolute Gasteiger partial charge is 0.342 e. The van der Waals surface area contributed by atoms with E-state index in [1.165, 1.54) is 12.1 Å². The maximum Gasteiger partial charge on any atom is 0.342 e. The van der Waals surface area contributed by atoms with Gasteiger partial charge in [-0.3, -0.25) is 0 Å². The Morgan fingerprint density at radius 1 is 1.09 bits per heavy atom. The van der Waals surface area contributed by atoms with E-state index in [1.807, 2.05) is 30.3 Å². The van der Waals surface area contributed by atoms with Crippen LogP contribution in [0.15, 0.2) is 52.9 Å². The monoisotopic (exact) mass is 312 g/mol. The largest absolute Gasteiger partial charge is 0.508 e. The zero-order valence-electron chi connectivity index (χ0n) is 11.8. The van der Waals surface area contributed by atoms with Crippen molar-refractivity contribution in [3.05, 3.63) is 60.0 Å². The molecule has 116 valence electrons. The number of phenols is 2. The van der Waals surface area contributed by atoms with Crippen molar-refractivity contribution in [1.29, 1.82) is 0 Å². The minimum absolute atomic E-state index is 0.0643. The highest BCUT2D eigenvalue weighted by molar-refractivity contribution is 5.92. The Hall–Kier alpha value is -3.35. The average molecular weight is 312 g/mol. The molecule has 0 radical (unpaired) electrons. The number of carbonyl (C=O) groups excluding carboxylic acids is 1. The van der Waals surface area contributed by atoms with Crippen LogP contribution in [0.1, 0.15) is 16.2 Å². The maximum atomic E-state index is 11.9. The summed E-state index contributed by atoms with van der Waals surface area (Å²) in [6.07, 6.45) is 0. The molecule has 0 saturated carbocycles. The first kappa shape index (κ1) is 14.6. The van der Waals surface area contributed by atoms with Crippen molar-refractivity contribution in [2.24, 2.45) is 0 Å². The van der Waals surface area contributed by atoms with E-state index in [1.54, 1.807) is 0 Å². The Balaban J connectivity index is 1.67. The van der Waals surface area contributed by atoms with Gasteiger partial charge in [0.05, 0.1) is 0 Å². The quantitative estimate of drug-likeness (QED) is 0.713. The lowest BCUT2D eigenvalue weighted by Gasteiger charge is -2.04. The topological polar surface area (TPSA) is 106 Å². The third-order valence-electron chi connectivity index (χ3n) is 3.02. The minimum Gasteiger partial charge on any atom is -0.508 e. The van der Waals surface area contributed by atoms with E-state index in [0.717, 1.165) is 11.6 Å². The standard InChI is InChI=1S/C16H12N2O5/c19-11-6-7-12(13(20)8-11)16(21)22-9-14-17-18-15(23-14)10-4-2-1-3-5-10/h1-8,19-20H,9H2. The molecule has 0 atom stereocenters. The first-order valence-corrected chi connectivity index (χ1v) is 6.70. The van der Waals surface area contributed by atoms with Crippen LogP contribution in [-0.4, -0.2) is 26.4 Å². The zero-order valence-corrected chi connectivity index (χ0v) is 11.8. The number of hydrogen-bond donors (Lipinski definition) is 2. The fourth-order valence-corrected chi connectivity index (χ4v) is 1.91. The molecule has 0 amide bonds. The molecule has 2 aromatic carbocycles. The molecular weight excluding hydrogens is 300 g/mol. The second-order valence-electron chi connectivity index (χ2n) is 4.64. The number of esters is 1. The molecule has 0 bridgehead atoms. The molecule has 0 fully saturated rings. The number of rotatable bonds is 4. The van der Waals surface area contributed by atoms with Crippen LogP contribution in [0.25, 0.3) is 11.5 Å². The van der Waals surface area contributed by atoms with Gasteiger partial charge in [-0.25, -0.2) is 4.79 Å². The molecule has 0 aliphatic rings. The summed E-state index contributed by atoms with van der Waals surface area (Å²) in [5, 5.41) is 26.5. The molecule has 0 unspecified atom stereocenters. The number of nitrogens with zero attached hydrogens (tertiary/aromatic N) is 2. The summed E-state index contributed by atoms with van der Waals surface area (Å²) in [5.41, 5.74) is 0.694. The van der Waals surface area contributed by atoms with Gasteiger partial charge in [-0.2, -0.15) is 0 Å². The number of aromatic nitrogens is 2. The van der Waals surface area contributed by atoms with Gasteiger partial charge < -0.3 is 19.4 Å². The summed E-state index contributed by atoms with van der Waals surface area (Å²) in [6.45, 7) is -0.223. The molecule has 23 heavy (non-hydrogen) atoms. The summed E-state index contributed by atoms with van der Waals surface area (Å²) < 4.78 is 10.4. The number of benzene rings is 2. The molecule has 2 N–H and O–H groups in total. The molecule has 3 aromatic rings. The molecule has 0 saturated heterocycles. The van der Waals surface area contributed by atoms with E-state index in [-0.39, 0.29) is 29.6 Å². The van der Waals surface area contributed by atoms with Crippen molar-refractivity contribution in [3.8, 4) is 23.0 Å². The van der Waals surface area contributed by atoms with Crippen LogP contribution in [0, 0.1) is 0 Å². The molecule has 0 spiro atoms. The normalized spacial score (nSPS) is 10.4. The Morgan fingerprint density at radius 2 is 1.87 bits per heavy atom. The van der Waals surface area contributed by atoms with Crippen LogP contribution >= 0.6 is 0 Å². The lowest BCUT2D eigenvalue weighted by atomic mass is 10.2. The molecule has 0 aliphatic heterocycles. The molecule has 1 heterocycles. The number of hydrogen-bond acceptors (Lipinski definition) is 7. The van der Waals surface area contributed by atoms with Crippen molar-refractivity contribution in [2.45, 2.75) is 6.61 Å². The molecule has 1 aromatic heterocycles. The van der Waals surface area contributed by atoms with E-state index in [4.69, 9.17) is 9.15 Å². The Bertz CT molecular complexity index is 829. The van der Waals surface area contributed by atoms with Crippen molar-refractivity contribution in [1.82, 2.24) is 10.2 Å². The maximum absolute atomic E-state index is 11.9. The zero-order chi connectivity index (χ0) is 16.2. The Labute approximate surface area is 130 Å². The molecule has 7 nitrogen and oxygen atoms in total. The highest BCUT2D eigenvalue weighted by Gasteiger charge is 2.15. The van der Waals surface area contributed by atoms with E-state index in [0.29, 0.717) is 5.89 Å². The fraction of sp³-hybridized carbons (Fsp3) is 0.0625. The van der Waals surface area contributed by atoms with Crippen molar-refractivity contribution < 1.29 is 24.2 Å². The fourth-order valence-electron chi connectivity index (χ4n) is 1.91. The molecule has 3 rings (SSSR count). The number of ether oxygens (including phenoxy) is 1. The van der Waals surface area contributed by atoms with Gasteiger partial charge in [0.15, 0.2) is 6.61 Å². The number of phenolic OH excluding ortho intramolecular Hbond substituents is 2. The Kier molecular flexibility index (Phi) is 3.92. The lowest BCUT2D eigenvalue weighted by molar-refractivity contribution is 0.0435. The predicted molar refractivity (Wildman–Crippen MR) is 78.6 cm³/mol. The third-order valence-corrected chi connectivity index (χ3v) is 3.02. The van der Waals surface area contributed by atoms with Gasteiger partial charge in [0.2, 0.25) is 5.89 Å². The van der Waals surface area contributed by atoms with Crippen molar-refractivity contribution in [2.75, 3.05) is 0 Å². The van der Waals surface area contributed by atoms with Gasteiger partial charge in [-0.05, 0) is 24.3 Å². The molecule has 7 heteroatoms.